The number of hydrogen-bond donors (Lipinski definition) is 1. The van der Waals surface area contributed by atoms with Gasteiger partial charge in [0.2, 0.25) is 11.8 Å². The molecular weight excluding hydrogens is 361 g/mol. The van der Waals surface area contributed by atoms with E-state index in [0.717, 1.165) is 12.1 Å². The van der Waals surface area contributed by atoms with Gasteiger partial charge in [0.25, 0.3) is 0 Å². The molecule has 0 aliphatic carbocycles. The van der Waals surface area contributed by atoms with Crippen molar-refractivity contribution in [3.63, 3.8) is 0 Å². The molecule has 2 aromatic carbocycles. The molecule has 0 aliphatic heterocycles. The van der Waals surface area contributed by atoms with Crippen molar-refractivity contribution in [1.29, 1.82) is 0 Å². The number of carbonyl (C=O) groups is 2. The second-order valence-electron chi connectivity index (χ2n) is 5.75. The third-order valence-corrected chi connectivity index (χ3v) is 3.80. The van der Waals surface area contributed by atoms with Crippen LogP contribution >= 0.6 is 0 Å². The van der Waals surface area contributed by atoms with Crippen LogP contribution in [0.5, 0.6) is 5.75 Å². The summed E-state index contributed by atoms with van der Waals surface area (Å²) >= 11 is 0. The Morgan fingerprint density at radius 1 is 1.11 bits per heavy atom. The number of halogens is 3. The predicted octanol–water partition coefficient (Wildman–Crippen LogP) is 4.10. The number of nitrogens with one attached hydrogen (secondary N) is 1. The Morgan fingerprint density at radius 2 is 1.78 bits per heavy atom. The molecule has 0 atom stereocenters. The molecule has 2 amide bonds. The third kappa shape index (κ3) is 5.73. The standard InChI is InChI=1S/C19H19F3N2O3/c1-13(25)24(16-4-3-5-17(12-16)27-2)11-10-18(26)23-15-8-6-14(7-9-15)19(20,21)22/h3-9,12H,10-11H2,1-2H3,(H,23,26). The molecule has 2 rings (SSSR count). The van der Waals surface area contributed by atoms with E-state index in [1.165, 1.54) is 31.1 Å². The molecule has 0 radical (unpaired) electrons. The fourth-order valence-corrected chi connectivity index (χ4v) is 2.43. The second-order valence-corrected chi connectivity index (χ2v) is 5.75. The average molecular weight is 380 g/mol. The number of hydrogen-bond acceptors (Lipinski definition) is 3. The number of alkyl halides is 3. The molecule has 0 heterocycles. The lowest BCUT2D eigenvalue weighted by atomic mass is 10.2. The Kier molecular flexibility index (Phi) is 6.44. The smallest absolute Gasteiger partial charge is 0.416 e. The van der Waals surface area contributed by atoms with Crippen LogP contribution in [0.2, 0.25) is 0 Å². The zero-order valence-corrected chi connectivity index (χ0v) is 14.8. The minimum Gasteiger partial charge on any atom is -0.497 e. The lowest BCUT2D eigenvalue weighted by molar-refractivity contribution is -0.137. The van der Waals surface area contributed by atoms with Crippen LogP contribution in [0.25, 0.3) is 0 Å². The Balaban J connectivity index is 1.98. The normalized spacial score (nSPS) is 11.0. The molecule has 144 valence electrons. The molecule has 0 unspecified atom stereocenters. The third-order valence-electron chi connectivity index (χ3n) is 3.80. The van der Waals surface area contributed by atoms with Crippen molar-refractivity contribution in [2.75, 3.05) is 23.9 Å². The highest BCUT2D eigenvalue weighted by molar-refractivity contribution is 5.94. The Hall–Kier alpha value is -3.03. The Morgan fingerprint density at radius 3 is 2.33 bits per heavy atom. The lowest BCUT2D eigenvalue weighted by Crippen LogP contribution is -2.31. The molecule has 0 saturated carbocycles. The molecule has 5 nitrogen and oxygen atoms in total. The van der Waals surface area contributed by atoms with E-state index in [4.69, 9.17) is 4.74 Å². The summed E-state index contributed by atoms with van der Waals surface area (Å²) in [6.45, 7) is 1.50. The first-order valence-electron chi connectivity index (χ1n) is 8.10. The second kappa shape index (κ2) is 8.57. The van der Waals surface area contributed by atoms with Crippen LogP contribution in [0.4, 0.5) is 24.5 Å². The fourth-order valence-electron chi connectivity index (χ4n) is 2.43. The summed E-state index contributed by atoms with van der Waals surface area (Å²) in [6.07, 6.45) is -4.45. The zero-order chi connectivity index (χ0) is 20.0. The van der Waals surface area contributed by atoms with Crippen LogP contribution < -0.4 is 15.0 Å². The Labute approximate surface area is 154 Å². The summed E-state index contributed by atoms with van der Waals surface area (Å²) in [6, 6.07) is 11.0. The van der Waals surface area contributed by atoms with Crippen molar-refractivity contribution in [1.82, 2.24) is 0 Å². The highest BCUT2D eigenvalue weighted by Crippen LogP contribution is 2.29. The minimum atomic E-state index is -4.43. The minimum absolute atomic E-state index is 0.0161. The van der Waals surface area contributed by atoms with Gasteiger partial charge in [0.15, 0.2) is 0 Å². The summed E-state index contributed by atoms with van der Waals surface area (Å²) in [7, 11) is 1.51. The van der Waals surface area contributed by atoms with Crippen molar-refractivity contribution < 1.29 is 27.5 Å². The van der Waals surface area contributed by atoms with E-state index in [2.05, 4.69) is 5.32 Å². The summed E-state index contributed by atoms with van der Waals surface area (Å²) in [5, 5.41) is 2.52. The maximum absolute atomic E-state index is 12.5. The van der Waals surface area contributed by atoms with Gasteiger partial charge in [0, 0.05) is 37.3 Å². The van der Waals surface area contributed by atoms with Gasteiger partial charge in [0.1, 0.15) is 5.75 Å². The van der Waals surface area contributed by atoms with Gasteiger partial charge in [-0.3, -0.25) is 9.59 Å². The van der Waals surface area contributed by atoms with Crippen LogP contribution in [0.15, 0.2) is 48.5 Å². The first kappa shape index (κ1) is 20.3. The topological polar surface area (TPSA) is 58.6 Å². The van der Waals surface area contributed by atoms with Crippen LogP contribution in [-0.4, -0.2) is 25.5 Å². The summed E-state index contributed by atoms with van der Waals surface area (Å²) in [5.74, 6) is -0.0811. The van der Waals surface area contributed by atoms with Gasteiger partial charge in [0.05, 0.1) is 12.7 Å². The van der Waals surface area contributed by atoms with Crippen LogP contribution in [0.3, 0.4) is 0 Å². The Bertz CT molecular complexity index is 805. The largest absolute Gasteiger partial charge is 0.497 e. The van der Waals surface area contributed by atoms with E-state index in [1.807, 2.05) is 0 Å². The van der Waals surface area contributed by atoms with Crippen molar-refractivity contribution in [2.24, 2.45) is 0 Å². The van der Waals surface area contributed by atoms with Gasteiger partial charge < -0.3 is 15.0 Å². The van der Waals surface area contributed by atoms with Crippen molar-refractivity contribution in [2.45, 2.75) is 19.5 Å². The van der Waals surface area contributed by atoms with Crippen molar-refractivity contribution in [3.05, 3.63) is 54.1 Å². The van der Waals surface area contributed by atoms with Gasteiger partial charge in [-0.05, 0) is 36.4 Å². The number of anilines is 2. The number of carbonyl (C=O) groups excluding carboxylic acids is 2. The van der Waals surface area contributed by atoms with Crippen molar-refractivity contribution in [3.8, 4) is 5.75 Å². The maximum Gasteiger partial charge on any atom is 0.416 e. The molecule has 0 aliphatic rings. The number of ether oxygens (including phenoxy) is 1. The average Bonchev–Trinajstić information content (AvgIpc) is 2.61. The van der Waals surface area contributed by atoms with E-state index in [9.17, 15) is 22.8 Å². The van der Waals surface area contributed by atoms with Gasteiger partial charge in [-0.25, -0.2) is 0 Å². The molecular formula is C19H19F3N2O3. The van der Waals surface area contributed by atoms with E-state index < -0.39 is 17.6 Å². The van der Waals surface area contributed by atoms with E-state index in [1.54, 1.807) is 24.3 Å². The van der Waals surface area contributed by atoms with Crippen LogP contribution in [0, 0.1) is 0 Å². The number of methoxy groups -OCH3 is 1. The van der Waals surface area contributed by atoms with Crippen LogP contribution in [-0.2, 0) is 15.8 Å². The molecule has 8 heteroatoms. The summed E-state index contributed by atoms with van der Waals surface area (Å²) < 4.78 is 42.8. The van der Waals surface area contributed by atoms with Gasteiger partial charge in [-0.15, -0.1) is 0 Å². The highest BCUT2D eigenvalue weighted by Gasteiger charge is 2.30. The number of amides is 2. The molecule has 0 bridgehead atoms. The first-order valence-corrected chi connectivity index (χ1v) is 8.10. The first-order chi connectivity index (χ1) is 12.7. The van der Waals surface area contributed by atoms with Gasteiger partial charge in [-0.1, -0.05) is 6.07 Å². The van der Waals surface area contributed by atoms with Crippen molar-refractivity contribution >= 4 is 23.2 Å². The van der Waals surface area contributed by atoms with Gasteiger partial charge in [-0.2, -0.15) is 13.2 Å². The molecule has 0 aromatic heterocycles. The van der Waals surface area contributed by atoms with Crippen LogP contribution in [0.1, 0.15) is 18.9 Å². The van der Waals surface area contributed by atoms with E-state index in [-0.39, 0.29) is 24.6 Å². The molecule has 2 aromatic rings. The summed E-state index contributed by atoms with van der Waals surface area (Å²) in [5.41, 5.74) is 0.0502. The molecule has 0 spiro atoms. The number of rotatable bonds is 6. The molecule has 27 heavy (non-hydrogen) atoms. The monoisotopic (exact) mass is 380 g/mol. The zero-order valence-electron chi connectivity index (χ0n) is 14.8. The molecule has 1 N–H and O–H groups in total. The fraction of sp³-hybridized carbons (Fsp3) is 0.263. The maximum atomic E-state index is 12.5. The quantitative estimate of drug-likeness (QED) is 0.821. The van der Waals surface area contributed by atoms with E-state index >= 15 is 0 Å². The lowest BCUT2D eigenvalue weighted by Gasteiger charge is -2.21. The molecule has 0 saturated heterocycles. The molecule has 0 fully saturated rings. The summed E-state index contributed by atoms with van der Waals surface area (Å²) in [4.78, 5) is 25.4. The van der Waals surface area contributed by atoms with E-state index in [0.29, 0.717) is 11.4 Å². The SMILES string of the molecule is COc1cccc(N(CCC(=O)Nc2ccc(C(F)(F)F)cc2)C(C)=O)c1. The van der Waals surface area contributed by atoms with Gasteiger partial charge >= 0.3 is 6.18 Å². The highest BCUT2D eigenvalue weighted by atomic mass is 19.4. The number of benzene rings is 2. The predicted molar refractivity (Wildman–Crippen MR) is 95.7 cm³/mol. The number of nitrogens with zero attached hydrogens (tertiary/aromatic N) is 1.